The van der Waals surface area contributed by atoms with Gasteiger partial charge in [0, 0.05) is 5.33 Å². The van der Waals surface area contributed by atoms with Gasteiger partial charge in [-0.2, -0.15) is 0 Å². The lowest BCUT2D eigenvalue weighted by molar-refractivity contribution is 0.290. The molecule has 0 aliphatic rings. The standard InChI is InChI=1S/C11H22BrFOSi/c1-11(2,3)15(4,5)14-9-10(13)7-6-8-12/h7H,6,8-9H2,1-5H3/b10-7+. The summed E-state index contributed by atoms with van der Waals surface area (Å²) in [5, 5.41) is 0.934. The topological polar surface area (TPSA) is 9.23 Å². The van der Waals surface area contributed by atoms with Crippen LogP contribution >= 0.6 is 15.9 Å². The van der Waals surface area contributed by atoms with Gasteiger partial charge in [0.2, 0.25) is 0 Å². The number of hydrogen-bond donors (Lipinski definition) is 0. The fraction of sp³-hybridized carbons (Fsp3) is 0.818. The van der Waals surface area contributed by atoms with Gasteiger partial charge in [-0.3, -0.25) is 0 Å². The van der Waals surface area contributed by atoms with Crippen molar-refractivity contribution in [1.82, 2.24) is 0 Å². The van der Waals surface area contributed by atoms with Crippen molar-refractivity contribution < 1.29 is 8.82 Å². The molecule has 0 saturated carbocycles. The van der Waals surface area contributed by atoms with E-state index in [2.05, 4.69) is 49.8 Å². The molecule has 0 saturated heterocycles. The van der Waals surface area contributed by atoms with E-state index in [1.807, 2.05) is 0 Å². The van der Waals surface area contributed by atoms with Crippen LogP contribution in [0.4, 0.5) is 4.39 Å². The van der Waals surface area contributed by atoms with E-state index in [0.717, 1.165) is 5.33 Å². The summed E-state index contributed by atoms with van der Waals surface area (Å²) < 4.78 is 19.0. The van der Waals surface area contributed by atoms with Crippen LogP contribution in [0.15, 0.2) is 11.9 Å². The van der Waals surface area contributed by atoms with E-state index in [0.29, 0.717) is 6.42 Å². The predicted molar refractivity (Wildman–Crippen MR) is 70.8 cm³/mol. The fourth-order valence-electron chi connectivity index (χ4n) is 0.736. The summed E-state index contributed by atoms with van der Waals surface area (Å²) in [7, 11) is -1.80. The predicted octanol–water partition coefficient (Wildman–Crippen LogP) is 4.65. The van der Waals surface area contributed by atoms with Gasteiger partial charge in [0.25, 0.3) is 0 Å². The Hall–Kier alpha value is 0.327. The van der Waals surface area contributed by atoms with Gasteiger partial charge in [0.15, 0.2) is 8.32 Å². The van der Waals surface area contributed by atoms with Crippen LogP contribution in [0.3, 0.4) is 0 Å². The van der Waals surface area contributed by atoms with E-state index in [1.165, 1.54) is 0 Å². The van der Waals surface area contributed by atoms with Gasteiger partial charge in [-0.05, 0) is 30.6 Å². The van der Waals surface area contributed by atoms with E-state index in [-0.39, 0.29) is 17.5 Å². The molecular weight excluding hydrogens is 275 g/mol. The van der Waals surface area contributed by atoms with Gasteiger partial charge in [-0.15, -0.1) is 0 Å². The molecule has 0 aromatic carbocycles. The number of alkyl halides is 1. The summed E-state index contributed by atoms with van der Waals surface area (Å²) in [6.07, 6.45) is 2.30. The van der Waals surface area contributed by atoms with Crippen LogP contribution in [0.1, 0.15) is 27.2 Å². The largest absolute Gasteiger partial charge is 0.410 e. The first kappa shape index (κ1) is 15.3. The second kappa shape index (κ2) is 6.16. The van der Waals surface area contributed by atoms with Crippen molar-refractivity contribution in [3.63, 3.8) is 0 Å². The van der Waals surface area contributed by atoms with Gasteiger partial charge in [-0.1, -0.05) is 36.7 Å². The lowest BCUT2D eigenvalue weighted by Gasteiger charge is -2.35. The Morgan fingerprint density at radius 2 is 1.93 bits per heavy atom. The second-order valence-electron chi connectivity index (χ2n) is 5.18. The maximum absolute atomic E-state index is 13.2. The minimum absolute atomic E-state index is 0.128. The van der Waals surface area contributed by atoms with Crippen molar-refractivity contribution in [3.05, 3.63) is 11.9 Å². The number of rotatable bonds is 5. The lowest BCUT2D eigenvalue weighted by atomic mass is 10.2. The molecule has 15 heavy (non-hydrogen) atoms. The Balaban J connectivity index is 4.15. The first-order valence-electron chi connectivity index (χ1n) is 5.25. The fourth-order valence-corrected chi connectivity index (χ4v) is 1.90. The molecule has 0 spiro atoms. The minimum Gasteiger partial charge on any atom is -0.410 e. The summed E-state index contributed by atoms with van der Waals surface area (Å²) in [5.41, 5.74) is 0. The summed E-state index contributed by atoms with van der Waals surface area (Å²) in [6.45, 7) is 10.8. The van der Waals surface area contributed by atoms with Crippen molar-refractivity contribution in [1.29, 1.82) is 0 Å². The second-order valence-corrected chi connectivity index (χ2v) is 10.8. The van der Waals surface area contributed by atoms with Crippen molar-refractivity contribution in [3.8, 4) is 0 Å². The third-order valence-corrected chi connectivity index (χ3v) is 7.79. The molecule has 0 unspecified atom stereocenters. The number of halogens is 2. The minimum atomic E-state index is -1.80. The van der Waals surface area contributed by atoms with E-state index in [9.17, 15) is 4.39 Å². The third kappa shape index (κ3) is 5.83. The molecule has 0 fully saturated rings. The van der Waals surface area contributed by atoms with Crippen LogP contribution in [0, 0.1) is 0 Å². The SMILES string of the molecule is CC(C)(C)[Si](C)(C)OC/C(F)=C\CCBr. The monoisotopic (exact) mass is 296 g/mol. The highest BCUT2D eigenvalue weighted by Crippen LogP contribution is 2.36. The zero-order valence-electron chi connectivity index (χ0n) is 10.4. The molecule has 4 heteroatoms. The molecule has 0 aliphatic heterocycles. The Labute approximate surface area is 102 Å². The first-order chi connectivity index (χ1) is 6.70. The van der Waals surface area contributed by atoms with Crippen LogP contribution in [-0.4, -0.2) is 20.3 Å². The van der Waals surface area contributed by atoms with Crippen molar-refractivity contribution in [2.45, 2.75) is 45.3 Å². The summed E-state index contributed by atoms with van der Waals surface area (Å²) >= 11 is 3.26. The van der Waals surface area contributed by atoms with Gasteiger partial charge >= 0.3 is 0 Å². The molecule has 1 nitrogen and oxygen atoms in total. The summed E-state index contributed by atoms with van der Waals surface area (Å²) in [4.78, 5) is 0. The van der Waals surface area contributed by atoms with Gasteiger partial charge in [0.1, 0.15) is 5.83 Å². The van der Waals surface area contributed by atoms with Crippen LogP contribution in [0.2, 0.25) is 18.1 Å². The molecule has 0 N–H and O–H groups in total. The molecule has 0 rings (SSSR count). The molecular formula is C11H22BrFOSi. The Bertz CT molecular complexity index is 221. The molecule has 90 valence electrons. The quantitative estimate of drug-likeness (QED) is 0.530. The van der Waals surface area contributed by atoms with Gasteiger partial charge < -0.3 is 4.43 Å². The highest BCUT2D eigenvalue weighted by atomic mass is 79.9. The molecule has 0 heterocycles. The molecule has 0 aromatic rings. The molecule has 0 atom stereocenters. The van der Waals surface area contributed by atoms with Crippen LogP contribution in [-0.2, 0) is 4.43 Å². The summed E-state index contributed by atoms with van der Waals surface area (Å²) in [5.74, 6) is -0.153. The molecule has 0 aliphatic carbocycles. The number of hydrogen-bond acceptors (Lipinski definition) is 1. The van der Waals surface area contributed by atoms with Crippen LogP contribution in [0.5, 0.6) is 0 Å². The van der Waals surface area contributed by atoms with Crippen LogP contribution in [0.25, 0.3) is 0 Å². The first-order valence-corrected chi connectivity index (χ1v) is 9.28. The normalized spacial score (nSPS) is 14.5. The van der Waals surface area contributed by atoms with E-state index >= 15 is 0 Å². The maximum Gasteiger partial charge on any atom is 0.192 e. The maximum atomic E-state index is 13.2. The van der Waals surface area contributed by atoms with E-state index in [4.69, 9.17) is 4.43 Å². The lowest BCUT2D eigenvalue weighted by Crippen LogP contribution is -2.41. The zero-order chi connectivity index (χ0) is 12.1. The average molecular weight is 297 g/mol. The molecule has 0 aromatic heterocycles. The van der Waals surface area contributed by atoms with E-state index < -0.39 is 8.32 Å². The summed E-state index contributed by atoms with van der Waals surface area (Å²) in [6, 6.07) is 0. The smallest absolute Gasteiger partial charge is 0.192 e. The molecule has 0 bridgehead atoms. The Morgan fingerprint density at radius 1 is 1.40 bits per heavy atom. The highest BCUT2D eigenvalue weighted by Gasteiger charge is 2.37. The highest BCUT2D eigenvalue weighted by molar-refractivity contribution is 9.09. The van der Waals surface area contributed by atoms with Crippen molar-refractivity contribution >= 4 is 24.2 Å². The van der Waals surface area contributed by atoms with E-state index in [1.54, 1.807) is 6.08 Å². The van der Waals surface area contributed by atoms with Crippen molar-refractivity contribution in [2.24, 2.45) is 0 Å². The van der Waals surface area contributed by atoms with Gasteiger partial charge in [0.05, 0.1) is 6.61 Å². The Morgan fingerprint density at radius 3 is 2.33 bits per heavy atom. The Kier molecular flexibility index (Phi) is 6.29. The molecule has 0 radical (unpaired) electrons. The zero-order valence-corrected chi connectivity index (χ0v) is 12.9. The third-order valence-electron chi connectivity index (χ3n) is 2.85. The molecule has 0 amide bonds. The van der Waals surface area contributed by atoms with Gasteiger partial charge in [-0.25, -0.2) is 4.39 Å². The van der Waals surface area contributed by atoms with Crippen LogP contribution < -0.4 is 0 Å². The average Bonchev–Trinajstić information content (AvgIpc) is 2.09. The van der Waals surface area contributed by atoms with Crippen molar-refractivity contribution in [2.75, 3.05) is 11.9 Å². The number of allylic oxidation sites excluding steroid dienone is 1.